The van der Waals surface area contributed by atoms with E-state index in [2.05, 4.69) is 0 Å². The van der Waals surface area contributed by atoms with Gasteiger partial charge < -0.3 is 19.5 Å². The van der Waals surface area contributed by atoms with Gasteiger partial charge in [0.1, 0.15) is 17.7 Å². The highest BCUT2D eigenvalue weighted by Crippen LogP contribution is 2.33. The van der Waals surface area contributed by atoms with Crippen molar-refractivity contribution >= 4 is 18.2 Å². The standard InChI is InChI=1S/C18H32N2O6/c1-8-18(9-10-19(12-18)14(23)25-16(2,3)4)20(11-13(21)22)15(24)26-17(5,6)7/h8-12H2,1-7H3,(H,21,22)/t18-/m0/s1. The predicted octanol–water partition coefficient (Wildman–Crippen LogP) is 3.10. The van der Waals surface area contributed by atoms with Gasteiger partial charge in [0.25, 0.3) is 0 Å². The third kappa shape index (κ3) is 6.07. The zero-order chi connectivity index (χ0) is 20.3. The quantitative estimate of drug-likeness (QED) is 0.814. The Morgan fingerprint density at radius 1 is 1.08 bits per heavy atom. The predicted molar refractivity (Wildman–Crippen MR) is 96.0 cm³/mol. The van der Waals surface area contributed by atoms with Crippen LogP contribution in [0.2, 0.25) is 0 Å². The molecule has 2 amide bonds. The fourth-order valence-electron chi connectivity index (χ4n) is 2.92. The molecule has 1 aliphatic heterocycles. The number of likely N-dealkylation sites (tertiary alicyclic amines) is 1. The number of nitrogens with zero attached hydrogens (tertiary/aromatic N) is 2. The number of carboxylic acids is 1. The van der Waals surface area contributed by atoms with Crippen LogP contribution in [-0.2, 0) is 14.3 Å². The SMILES string of the molecule is CC[C@]1(N(CC(=O)O)C(=O)OC(C)(C)C)CCN(C(=O)OC(C)(C)C)C1. The molecule has 26 heavy (non-hydrogen) atoms. The molecular formula is C18H32N2O6. The number of amides is 2. The smallest absolute Gasteiger partial charge is 0.411 e. The summed E-state index contributed by atoms with van der Waals surface area (Å²) in [5, 5.41) is 9.27. The van der Waals surface area contributed by atoms with Crippen LogP contribution >= 0.6 is 0 Å². The minimum atomic E-state index is -1.13. The number of hydrogen-bond donors (Lipinski definition) is 1. The number of carboxylic acid groups (broad SMARTS) is 1. The molecule has 8 heteroatoms. The van der Waals surface area contributed by atoms with Gasteiger partial charge in [0.05, 0.1) is 5.54 Å². The average molecular weight is 372 g/mol. The van der Waals surface area contributed by atoms with Crippen molar-refractivity contribution in [2.24, 2.45) is 0 Å². The van der Waals surface area contributed by atoms with Gasteiger partial charge in [-0.05, 0) is 54.4 Å². The molecule has 1 N–H and O–H groups in total. The Morgan fingerprint density at radius 2 is 1.62 bits per heavy atom. The summed E-state index contributed by atoms with van der Waals surface area (Å²) in [6.07, 6.45) is -0.186. The molecule has 0 saturated carbocycles. The maximum Gasteiger partial charge on any atom is 0.411 e. The Labute approximate surface area is 155 Å². The van der Waals surface area contributed by atoms with Crippen molar-refractivity contribution in [3.63, 3.8) is 0 Å². The Morgan fingerprint density at radius 3 is 2.04 bits per heavy atom. The molecule has 0 aliphatic carbocycles. The molecule has 150 valence electrons. The fourth-order valence-corrected chi connectivity index (χ4v) is 2.92. The van der Waals surface area contributed by atoms with E-state index >= 15 is 0 Å². The van der Waals surface area contributed by atoms with Gasteiger partial charge in [0.15, 0.2) is 0 Å². The average Bonchev–Trinajstić information content (AvgIpc) is 2.86. The van der Waals surface area contributed by atoms with Crippen molar-refractivity contribution in [2.45, 2.75) is 78.0 Å². The second-order valence-electron chi connectivity index (χ2n) is 8.69. The largest absolute Gasteiger partial charge is 0.480 e. The van der Waals surface area contributed by atoms with Crippen LogP contribution in [0.25, 0.3) is 0 Å². The fraction of sp³-hybridized carbons (Fsp3) is 0.833. The van der Waals surface area contributed by atoms with Crippen molar-refractivity contribution in [2.75, 3.05) is 19.6 Å². The minimum Gasteiger partial charge on any atom is -0.480 e. The molecule has 1 saturated heterocycles. The lowest BCUT2D eigenvalue weighted by Gasteiger charge is -2.40. The van der Waals surface area contributed by atoms with E-state index < -0.39 is 41.4 Å². The van der Waals surface area contributed by atoms with Crippen LogP contribution in [0.5, 0.6) is 0 Å². The molecule has 0 aromatic rings. The second kappa shape index (κ2) is 7.72. The molecule has 0 spiro atoms. The molecule has 0 aromatic carbocycles. The highest BCUT2D eigenvalue weighted by molar-refractivity contribution is 5.78. The zero-order valence-electron chi connectivity index (χ0n) is 16.9. The van der Waals surface area contributed by atoms with Gasteiger partial charge in [-0.15, -0.1) is 0 Å². The summed E-state index contributed by atoms with van der Waals surface area (Å²) in [6.45, 7) is 12.5. The van der Waals surface area contributed by atoms with Gasteiger partial charge in [0, 0.05) is 13.1 Å². The number of rotatable bonds is 4. The van der Waals surface area contributed by atoms with Crippen LogP contribution in [0.4, 0.5) is 9.59 Å². The van der Waals surface area contributed by atoms with E-state index in [9.17, 15) is 19.5 Å². The topological polar surface area (TPSA) is 96.4 Å². The maximum atomic E-state index is 12.7. The van der Waals surface area contributed by atoms with E-state index in [0.29, 0.717) is 19.4 Å². The van der Waals surface area contributed by atoms with E-state index in [-0.39, 0.29) is 6.54 Å². The zero-order valence-corrected chi connectivity index (χ0v) is 16.9. The van der Waals surface area contributed by atoms with Crippen molar-refractivity contribution in [1.82, 2.24) is 9.80 Å². The molecule has 8 nitrogen and oxygen atoms in total. The first kappa shape index (κ1) is 22.1. The van der Waals surface area contributed by atoms with Crippen molar-refractivity contribution in [3.05, 3.63) is 0 Å². The Bertz CT molecular complexity index is 549. The first-order valence-electron chi connectivity index (χ1n) is 8.89. The summed E-state index contributed by atoms with van der Waals surface area (Å²) in [7, 11) is 0. The number of ether oxygens (including phenoxy) is 2. The van der Waals surface area contributed by atoms with Crippen LogP contribution in [0.3, 0.4) is 0 Å². The summed E-state index contributed by atoms with van der Waals surface area (Å²) in [5.41, 5.74) is -2.16. The van der Waals surface area contributed by atoms with E-state index in [0.717, 1.165) is 0 Å². The third-order valence-corrected chi connectivity index (χ3v) is 4.12. The Kier molecular flexibility index (Phi) is 6.54. The molecule has 0 unspecified atom stereocenters. The molecule has 1 rings (SSSR count). The molecule has 1 heterocycles. The van der Waals surface area contributed by atoms with Gasteiger partial charge in [-0.25, -0.2) is 9.59 Å². The van der Waals surface area contributed by atoms with Gasteiger partial charge in [-0.2, -0.15) is 0 Å². The van der Waals surface area contributed by atoms with Crippen molar-refractivity contribution < 1.29 is 29.0 Å². The third-order valence-electron chi connectivity index (χ3n) is 4.12. The van der Waals surface area contributed by atoms with E-state index in [1.807, 2.05) is 6.92 Å². The van der Waals surface area contributed by atoms with Crippen LogP contribution in [0.15, 0.2) is 0 Å². The maximum absolute atomic E-state index is 12.7. The van der Waals surface area contributed by atoms with Crippen molar-refractivity contribution in [3.8, 4) is 0 Å². The van der Waals surface area contributed by atoms with E-state index in [4.69, 9.17) is 9.47 Å². The second-order valence-corrected chi connectivity index (χ2v) is 8.69. The van der Waals surface area contributed by atoms with Crippen LogP contribution in [-0.4, -0.2) is 69.4 Å². The van der Waals surface area contributed by atoms with E-state index in [1.54, 1.807) is 41.5 Å². The van der Waals surface area contributed by atoms with Gasteiger partial charge >= 0.3 is 18.2 Å². The van der Waals surface area contributed by atoms with Gasteiger partial charge in [0.2, 0.25) is 0 Å². The molecule has 0 aromatic heterocycles. The number of carbonyl (C=O) groups excluding carboxylic acids is 2. The summed E-state index contributed by atoms with van der Waals surface area (Å²) in [4.78, 5) is 39.1. The summed E-state index contributed by atoms with van der Waals surface area (Å²) in [6, 6.07) is 0. The highest BCUT2D eigenvalue weighted by atomic mass is 16.6. The molecule has 1 atom stereocenters. The molecular weight excluding hydrogens is 340 g/mol. The first-order valence-corrected chi connectivity index (χ1v) is 8.89. The molecule has 0 bridgehead atoms. The summed E-state index contributed by atoms with van der Waals surface area (Å²) in [5.74, 6) is -1.13. The molecule has 1 fully saturated rings. The minimum absolute atomic E-state index is 0.213. The highest BCUT2D eigenvalue weighted by Gasteiger charge is 2.48. The van der Waals surface area contributed by atoms with Crippen LogP contribution in [0.1, 0.15) is 61.3 Å². The van der Waals surface area contributed by atoms with Crippen molar-refractivity contribution in [1.29, 1.82) is 0 Å². The Balaban J connectivity index is 3.04. The lowest BCUT2D eigenvalue weighted by atomic mass is 9.93. The summed E-state index contributed by atoms with van der Waals surface area (Å²) < 4.78 is 10.8. The first-order chi connectivity index (χ1) is 11.7. The lowest BCUT2D eigenvalue weighted by Crippen LogP contribution is -2.56. The monoisotopic (exact) mass is 372 g/mol. The summed E-state index contributed by atoms with van der Waals surface area (Å²) >= 11 is 0. The Hall–Kier alpha value is -1.99. The number of hydrogen-bond acceptors (Lipinski definition) is 5. The lowest BCUT2D eigenvalue weighted by molar-refractivity contribution is -0.140. The van der Waals surface area contributed by atoms with Crippen LogP contribution < -0.4 is 0 Å². The van der Waals surface area contributed by atoms with Gasteiger partial charge in [-0.1, -0.05) is 6.92 Å². The van der Waals surface area contributed by atoms with Crippen LogP contribution in [0, 0.1) is 0 Å². The number of aliphatic carboxylic acids is 1. The van der Waals surface area contributed by atoms with Gasteiger partial charge in [-0.3, -0.25) is 9.69 Å². The molecule has 0 radical (unpaired) electrons. The molecule has 1 aliphatic rings. The van der Waals surface area contributed by atoms with E-state index in [1.165, 1.54) is 9.80 Å². The number of carbonyl (C=O) groups is 3. The normalized spacial score (nSPS) is 20.7.